The van der Waals surface area contributed by atoms with Crippen molar-refractivity contribution in [3.05, 3.63) is 24.3 Å². The Hall–Kier alpha value is -0.880. The predicted molar refractivity (Wildman–Crippen MR) is 80.4 cm³/mol. The van der Waals surface area contributed by atoms with E-state index in [0.29, 0.717) is 12.8 Å². The van der Waals surface area contributed by atoms with Crippen molar-refractivity contribution in [2.75, 3.05) is 11.5 Å². The number of unbranched alkanes of at least 4 members (excludes halogenated alkanes) is 2. The van der Waals surface area contributed by atoms with Gasteiger partial charge in [0.2, 0.25) is 0 Å². The minimum absolute atomic E-state index is 0.0575. The van der Waals surface area contributed by atoms with Crippen LogP contribution in [0, 0.1) is 0 Å². The SMILES string of the molecule is CCCCS(=O)(=O)c1cccc(S(=O)(=O)CCCC)c1. The molecule has 0 aliphatic rings. The Morgan fingerprint density at radius 3 is 1.55 bits per heavy atom. The Balaban J connectivity index is 3.08. The maximum atomic E-state index is 12.1. The fraction of sp³-hybridized carbons (Fsp3) is 0.571. The van der Waals surface area contributed by atoms with E-state index in [1.54, 1.807) is 0 Å². The zero-order valence-corrected chi connectivity index (χ0v) is 13.6. The van der Waals surface area contributed by atoms with E-state index in [9.17, 15) is 16.8 Å². The van der Waals surface area contributed by atoms with Crippen LogP contribution >= 0.6 is 0 Å². The topological polar surface area (TPSA) is 68.3 Å². The van der Waals surface area contributed by atoms with Crippen LogP contribution in [0.5, 0.6) is 0 Å². The first-order valence-electron chi connectivity index (χ1n) is 6.89. The highest BCUT2D eigenvalue weighted by Crippen LogP contribution is 2.19. The van der Waals surface area contributed by atoms with E-state index in [2.05, 4.69) is 0 Å². The van der Waals surface area contributed by atoms with Gasteiger partial charge >= 0.3 is 0 Å². The van der Waals surface area contributed by atoms with Crippen LogP contribution in [-0.2, 0) is 19.7 Å². The zero-order valence-electron chi connectivity index (χ0n) is 12.0. The summed E-state index contributed by atoms with van der Waals surface area (Å²) in [7, 11) is -6.78. The third-order valence-electron chi connectivity index (χ3n) is 3.06. The predicted octanol–water partition coefficient (Wildman–Crippen LogP) is 2.83. The fourth-order valence-corrected chi connectivity index (χ4v) is 4.83. The number of benzene rings is 1. The Kier molecular flexibility index (Phi) is 6.20. The minimum Gasteiger partial charge on any atom is -0.224 e. The summed E-state index contributed by atoms with van der Waals surface area (Å²) in [6.07, 6.45) is 2.73. The molecule has 0 amide bonds. The highest BCUT2D eigenvalue weighted by molar-refractivity contribution is 7.92. The monoisotopic (exact) mass is 318 g/mol. The average Bonchev–Trinajstić information content (AvgIpc) is 2.43. The standard InChI is InChI=1S/C14H22O4S2/c1-3-5-10-19(15,16)13-8-7-9-14(12-13)20(17,18)11-6-4-2/h7-9,12H,3-6,10-11H2,1-2H3. The van der Waals surface area contributed by atoms with Gasteiger partial charge in [0.05, 0.1) is 21.3 Å². The summed E-state index contributed by atoms with van der Waals surface area (Å²) in [6, 6.07) is 5.71. The van der Waals surface area contributed by atoms with E-state index in [-0.39, 0.29) is 21.3 Å². The molecule has 0 spiro atoms. The first-order valence-corrected chi connectivity index (χ1v) is 10.2. The molecule has 20 heavy (non-hydrogen) atoms. The van der Waals surface area contributed by atoms with Gasteiger partial charge < -0.3 is 0 Å². The molecule has 6 heteroatoms. The molecule has 0 heterocycles. The van der Waals surface area contributed by atoms with Crippen molar-refractivity contribution in [2.24, 2.45) is 0 Å². The van der Waals surface area contributed by atoms with Gasteiger partial charge in [0.25, 0.3) is 0 Å². The van der Waals surface area contributed by atoms with Crippen LogP contribution in [0.4, 0.5) is 0 Å². The van der Waals surface area contributed by atoms with Gasteiger partial charge in [0.15, 0.2) is 19.7 Å². The Bertz CT molecular complexity index is 578. The van der Waals surface area contributed by atoms with E-state index in [1.807, 2.05) is 13.8 Å². The van der Waals surface area contributed by atoms with Crippen molar-refractivity contribution in [1.29, 1.82) is 0 Å². The molecular formula is C14H22O4S2. The minimum atomic E-state index is -3.39. The summed E-state index contributed by atoms with van der Waals surface area (Å²) < 4.78 is 48.4. The van der Waals surface area contributed by atoms with Gasteiger partial charge in [-0.05, 0) is 31.0 Å². The third kappa shape index (κ3) is 4.59. The van der Waals surface area contributed by atoms with E-state index in [4.69, 9.17) is 0 Å². The lowest BCUT2D eigenvalue weighted by molar-refractivity contribution is 0.590. The Labute approximate surface area is 122 Å². The van der Waals surface area contributed by atoms with Crippen molar-refractivity contribution in [1.82, 2.24) is 0 Å². The van der Waals surface area contributed by atoms with Gasteiger partial charge in [-0.1, -0.05) is 32.8 Å². The molecule has 0 N–H and O–H groups in total. The van der Waals surface area contributed by atoms with Crippen molar-refractivity contribution < 1.29 is 16.8 Å². The van der Waals surface area contributed by atoms with Crippen molar-refractivity contribution in [3.63, 3.8) is 0 Å². The van der Waals surface area contributed by atoms with Crippen molar-refractivity contribution in [2.45, 2.75) is 49.3 Å². The van der Waals surface area contributed by atoms with Crippen LogP contribution in [0.1, 0.15) is 39.5 Å². The molecule has 114 valence electrons. The van der Waals surface area contributed by atoms with Crippen molar-refractivity contribution >= 4 is 19.7 Å². The molecule has 0 aliphatic carbocycles. The zero-order chi connectivity index (χ0) is 15.2. The molecule has 1 rings (SSSR count). The smallest absolute Gasteiger partial charge is 0.178 e. The molecule has 0 bridgehead atoms. The van der Waals surface area contributed by atoms with Gasteiger partial charge in [-0.25, -0.2) is 16.8 Å². The second-order valence-electron chi connectivity index (χ2n) is 4.82. The quantitative estimate of drug-likeness (QED) is 0.739. The molecule has 0 radical (unpaired) electrons. The molecule has 0 unspecified atom stereocenters. The number of sulfone groups is 2. The van der Waals surface area contributed by atoms with Gasteiger partial charge in [0.1, 0.15) is 0 Å². The maximum absolute atomic E-state index is 12.1. The van der Waals surface area contributed by atoms with Gasteiger partial charge in [0, 0.05) is 0 Å². The molecule has 0 aromatic heterocycles. The molecule has 1 aromatic rings. The molecule has 0 saturated carbocycles. The molecular weight excluding hydrogens is 296 g/mol. The second kappa shape index (κ2) is 7.22. The number of rotatable bonds is 8. The maximum Gasteiger partial charge on any atom is 0.178 e. The Morgan fingerprint density at radius 2 is 1.20 bits per heavy atom. The normalized spacial score (nSPS) is 12.5. The lowest BCUT2D eigenvalue weighted by Crippen LogP contribution is -2.10. The molecule has 0 saturated heterocycles. The highest BCUT2D eigenvalue weighted by Gasteiger charge is 2.19. The highest BCUT2D eigenvalue weighted by atomic mass is 32.2. The van der Waals surface area contributed by atoms with E-state index in [0.717, 1.165) is 12.8 Å². The molecule has 1 aromatic carbocycles. The molecule has 0 aliphatic heterocycles. The molecule has 0 fully saturated rings. The van der Waals surface area contributed by atoms with E-state index < -0.39 is 19.7 Å². The first kappa shape index (κ1) is 17.2. The lowest BCUT2D eigenvalue weighted by Gasteiger charge is -2.07. The summed E-state index contributed by atoms with van der Waals surface area (Å²) in [5.41, 5.74) is 0. The van der Waals surface area contributed by atoms with Crippen molar-refractivity contribution in [3.8, 4) is 0 Å². The first-order chi connectivity index (χ1) is 9.33. The van der Waals surface area contributed by atoms with Crippen LogP contribution < -0.4 is 0 Å². The summed E-state index contributed by atoms with van der Waals surface area (Å²) in [4.78, 5) is 0.201. The van der Waals surface area contributed by atoms with Crippen LogP contribution in [0.3, 0.4) is 0 Å². The molecule has 0 atom stereocenters. The van der Waals surface area contributed by atoms with Gasteiger partial charge in [-0.2, -0.15) is 0 Å². The summed E-state index contributed by atoms with van der Waals surface area (Å²) in [5.74, 6) is 0.115. The van der Waals surface area contributed by atoms with Crippen LogP contribution in [0.25, 0.3) is 0 Å². The van der Waals surface area contributed by atoms with Crippen LogP contribution in [0.15, 0.2) is 34.1 Å². The van der Waals surface area contributed by atoms with Crippen LogP contribution in [-0.4, -0.2) is 28.3 Å². The average molecular weight is 318 g/mol. The van der Waals surface area contributed by atoms with E-state index >= 15 is 0 Å². The summed E-state index contributed by atoms with van der Waals surface area (Å²) >= 11 is 0. The molecule has 4 nitrogen and oxygen atoms in total. The van der Waals surface area contributed by atoms with E-state index in [1.165, 1.54) is 24.3 Å². The van der Waals surface area contributed by atoms with Crippen LogP contribution in [0.2, 0.25) is 0 Å². The van der Waals surface area contributed by atoms with Gasteiger partial charge in [-0.15, -0.1) is 0 Å². The van der Waals surface area contributed by atoms with Gasteiger partial charge in [-0.3, -0.25) is 0 Å². The number of hydrogen-bond acceptors (Lipinski definition) is 4. The lowest BCUT2D eigenvalue weighted by atomic mass is 10.4. The Morgan fingerprint density at radius 1 is 0.800 bits per heavy atom. The number of hydrogen-bond donors (Lipinski definition) is 0. The summed E-state index contributed by atoms with van der Waals surface area (Å²) in [5, 5.41) is 0. The summed E-state index contributed by atoms with van der Waals surface area (Å²) in [6.45, 7) is 3.84. The third-order valence-corrected chi connectivity index (χ3v) is 6.65. The second-order valence-corrected chi connectivity index (χ2v) is 9.04. The fourth-order valence-electron chi connectivity index (χ4n) is 1.77. The largest absolute Gasteiger partial charge is 0.224 e.